The third-order valence-corrected chi connectivity index (χ3v) is 3.54. The van der Waals surface area contributed by atoms with Crippen molar-refractivity contribution in [1.29, 1.82) is 0 Å². The largest absolute Gasteiger partial charge is 0.481 e. The molecule has 0 bridgehead atoms. The molecule has 1 heterocycles. The molecule has 1 aliphatic carbocycles. The first-order chi connectivity index (χ1) is 8.59. The Kier molecular flexibility index (Phi) is 2.29. The Hall–Kier alpha value is -2.04. The Morgan fingerprint density at radius 1 is 1.56 bits per heavy atom. The number of anilines is 1. The van der Waals surface area contributed by atoms with Crippen LogP contribution >= 0.6 is 0 Å². The number of aromatic nitrogens is 2. The van der Waals surface area contributed by atoms with E-state index in [4.69, 9.17) is 5.11 Å². The van der Waals surface area contributed by atoms with Crippen LogP contribution < -0.4 is 5.32 Å². The summed E-state index contributed by atoms with van der Waals surface area (Å²) in [6, 6.07) is 5.83. The Labute approximate surface area is 104 Å². The van der Waals surface area contributed by atoms with Crippen LogP contribution in [0.1, 0.15) is 18.7 Å². The van der Waals surface area contributed by atoms with Crippen molar-refractivity contribution in [3.8, 4) is 0 Å². The van der Waals surface area contributed by atoms with E-state index < -0.39 is 11.4 Å². The van der Waals surface area contributed by atoms with Crippen molar-refractivity contribution in [3.05, 3.63) is 24.0 Å². The summed E-state index contributed by atoms with van der Waals surface area (Å²) >= 11 is 0. The topological polar surface area (TPSA) is 78.0 Å². The van der Waals surface area contributed by atoms with Gasteiger partial charge in [-0.25, -0.2) is 4.98 Å². The first kappa shape index (κ1) is 11.1. The number of aromatic amines is 1. The first-order valence-corrected chi connectivity index (χ1v) is 6.03. The summed E-state index contributed by atoms with van der Waals surface area (Å²) in [6.45, 7) is 2.40. The van der Waals surface area contributed by atoms with E-state index >= 15 is 0 Å². The predicted octanol–water partition coefficient (Wildman–Crippen LogP) is 2.15. The Morgan fingerprint density at radius 3 is 3.00 bits per heavy atom. The van der Waals surface area contributed by atoms with Crippen molar-refractivity contribution < 1.29 is 9.90 Å². The lowest BCUT2D eigenvalue weighted by Crippen LogP contribution is -2.24. The van der Waals surface area contributed by atoms with Gasteiger partial charge in [0.05, 0.1) is 16.4 Å². The molecule has 1 aromatic heterocycles. The molecule has 0 atom stereocenters. The SMILES string of the molecule is Cc1nc2ccc(NCC3(C(=O)O)CC3)cc2[nH]1. The molecule has 0 radical (unpaired) electrons. The van der Waals surface area contributed by atoms with Gasteiger partial charge in [-0.05, 0) is 38.0 Å². The number of carboxylic acid groups (broad SMARTS) is 1. The number of aliphatic carboxylic acids is 1. The zero-order chi connectivity index (χ0) is 12.8. The van der Waals surface area contributed by atoms with Crippen molar-refractivity contribution in [1.82, 2.24) is 9.97 Å². The van der Waals surface area contributed by atoms with Crippen LogP contribution in [0.25, 0.3) is 11.0 Å². The van der Waals surface area contributed by atoms with Gasteiger partial charge in [-0.3, -0.25) is 4.79 Å². The van der Waals surface area contributed by atoms with E-state index in [2.05, 4.69) is 15.3 Å². The normalized spacial score (nSPS) is 16.7. The van der Waals surface area contributed by atoms with Crippen molar-refractivity contribution in [2.75, 3.05) is 11.9 Å². The lowest BCUT2D eigenvalue weighted by atomic mass is 10.1. The van der Waals surface area contributed by atoms with Gasteiger partial charge in [0.25, 0.3) is 0 Å². The van der Waals surface area contributed by atoms with Crippen molar-refractivity contribution >= 4 is 22.7 Å². The number of aryl methyl sites for hydroxylation is 1. The standard InChI is InChI=1S/C13H15N3O2/c1-8-15-10-3-2-9(6-11(10)16-8)14-7-13(4-5-13)12(17)18/h2-3,6,14H,4-5,7H2,1H3,(H,15,16)(H,17,18). The van der Waals surface area contributed by atoms with Crippen LogP contribution in [0.2, 0.25) is 0 Å². The van der Waals surface area contributed by atoms with Crippen molar-refractivity contribution in [2.45, 2.75) is 19.8 Å². The highest BCUT2D eigenvalue weighted by atomic mass is 16.4. The lowest BCUT2D eigenvalue weighted by Gasteiger charge is -2.12. The molecule has 2 aromatic rings. The third-order valence-electron chi connectivity index (χ3n) is 3.54. The maximum atomic E-state index is 11.1. The molecule has 0 aliphatic heterocycles. The number of carbonyl (C=O) groups is 1. The van der Waals surface area contributed by atoms with Crippen LogP contribution in [0.15, 0.2) is 18.2 Å². The van der Waals surface area contributed by atoms with Crippen molar-refractivity contribution in [2.24, 2.45) is 5.41 Å². The highest BCUT2D eigenvalue weighted by molar-refractivity contribution is 5.81. The number of carboxylic acids is 1. The van der Waals surface area contributed by atoms with Crippen LogP contribution in [0.4, 0.5) is 5.69 Å². The number of hydrogen-bond donors (Lipinski definition) is 3. The molecule has 0 saturated heterocycles. The number of fused-ring (bicyclic) bond motifs is 1. The number of imidazole rings is 1. The molecule has 94 valence electrons. The van der Waals surface area contributed by atoms with Crippen LogP contribution in [0.5, 0.6) is 0 Å². The van der Waals surface area contributed by atoms with E-state index in [0.717, 1.165) is 35.4 Å². The predicted molar refractivity (Wildman–Crippen MR) is 68.6 cm³/mol. The number of benzene rings is 1. The molecule has 0 amide bonds. The summed E-state index contributed by atoms with van der Waals surface area (Å²) in [4.78, 5) is 18.6. The number of hydrogen-bond acceptors (Lipinski definition) is 3. The average Bonchev–Trinajstić information content (AvgIpc) is 3.03. The lowest BCUT2D eigenvalue weighted by molar-refractivity contribution is -0.142. The highest BCUT2D eigenvalue weighted by Crippen LogP contribution is 2.45. The third kappa shape index (κ3) is 1.81. The molecule has 18 heavy (non-hydrogen) atoms. The zero-order valence-corrected chi connectivity index (χ0v) is 10.2. The van der Waals surface area contributed by atoms with Gasteiger partial charge in [0.2, 0.25) is 0 Å². The quantitative estimate of drug-likeness (QED) is 0.771. The monoisotopic (exact) mass is 245 g/mol. The first-order valence-electron chi connectivity index (χ1n) is 6.03. The number of rotatable bonds is 4. The fourth-order valence-corrected chi connectivity index (χ4v) is 2.14. The van der Waals surface area contributed by atoms with Gasteiger partial charge in [-0.2, -0.15) is 0 Å². The Morgan fingerprint density at radius 2 is 2.33 bits per heavy atom. The van der Waals surface area contributed by atoms with E-state index in [1.165, 1.54) is 0 Å². The summed E-state index contributed by atoms with van der Waals surface area (Å²) in [5.41, 5.74) is 2.28. The van der Waals surface area contributed by atoms with E-state index in [9.17, 15) is 4.79 Å². The average molecular weight is 245 g/mol. The summed E-state index contributed by atoms with van der Waals surface area (Å²) < 4.78 is 0. The molecular formula is C13H15N3O2. The molecule has 5 nitrogen and oxygen atoms in total. The highest BCUT2D eigenvalue weighted by Gasteiger charge is 2.49. The second kappa shape index (κ2) is 3.73. The number of H-pyrrole nitrogens is 1. The summed E-state index contributed by atoms with van der Waals surface area (Å²) in [5.74, 6) is 0.180. The van der Waals surface area contributed by atoms with E-state index in [-0.39, 0.29) is 0 Å². The van der Waals surface area contributed by atoms with Crippen LogP contribution in [-0.2, 0) is 4.79 Å². The molecule has 1 aromatic carbocycles. The van der Waals surface area contributed by atoms with Crippen LogP contribution in [0.3, 0.4) is 0 Å². The molecule has 1 saturated carbocycles. The summed E-state index contributed by atoms with van der Waals surface area (Å²) in [6.07, 6.45) is 1.53. The fraction of sp³-hybridized carbons (Fsp3) is 0.385. The van der Waals surface area contributed by atoms with Gasteiger partial charge < -0.3 is 15.4 Å². The second-order valence-electron chi connectivity index (χ2n) is 4.99. The van der Waals surface area contributed by atoms with Gasteiger partial charge >= 0.3 is 5.97 Å². The second-order valence-corrected chi connectivity index (χ2v) is 4.99. The molecule has 5 heteroatoms. The zero-order valence-electron chi connectivity index (χ0n) is 10.2. The Bertz CT molecular complexity index is 614. The molecule has 1 fully saturated rings. The minimum Gasteiger partial charge on any atom is -0.481 e. The van der Waals surface area contributed by atoms with Gasteiger partial charge in [-0.1, -0.05) is 0 Å². The van der Waals surface area contributed by atoms with E-state index in [0.29, 0.717) is 6.54 Å². The van der Waals surface area contributed by atoms with Crippen molar-refractivity contribution in [3.63, 3.8) is 0 Å². The molecular weight excluding hydrogens is 230 g/mol. The molecule has 0 unspecified atom stereocenters. The molecule has 3 rings (SSSR count). The fourth-order valence-electron chi connectivity index (χ4n) is 2.14. The van der Waals surface area contributed by atoms with Crippen LogP contribution in [0, 0.1) is 12.3 Å². The summed E-state index contributed by atoms with van der Waals surface area (Å²) in [7, 11) is 0. The van der Waals surface area contributed by atoms with Gasteiger partial charge in [0, 0.05) is 12.2 Å². The number of nitrogens with one attached hydrogen (secondary N) is 2. The van der Waals surface area contributed by atoms with Gasteiger partial charge in [0.1, 0.15) is 5.82 Å². The maximum absolute atomic E-state index is 11.1. The minimum atomic E-state index is -0.700. The Balaban J connectivity index is 1.77. The van der Waals surface area contributed by atoms with Gasteiger partial charge in [-0.15, -0.1) is 0 Å². The molecule has 3 N–H and O–H groups in total. The maximum Gasteiger partial charge on any atom is 0.311 e. The summed E-state index contributed by atoms with van der Waals surface area (Å²) in [5, 5.41) is 12.3. The van der Waals surface area contributed by atoms with Gasteiger partial charge in [0.15, 0.2) is 0 Å². The van der Waals surface area contributed by atoms with Crippen LogP contribution in [-0.4, -0.2) is 27.6 Å². The minimum absolute atomic E-state index is 0.487. The smallest absolute Gasteiger partial charge is 0.311 e. The molecule has 1 aliphatic rings. The van der Waals surface area contributed by atoms with E-state index in [1.54, 1.807) is 0 Å². The number of nitrogens with zero attached hydrogens (tertiary/aromatic N) is 1. The molecule has 0 spiro atoms. The van der Waals surface area contributed by atoms with E-state index in [1.807, 2.05) is 25.1 Å².